The van der Waals surface area contributed by atoms with Gasteiger partial charge in [-0.1, -0.05) is 6.08 Å². The molecule has 0 amide bonds. The first-order valence-corrected chi connectivity index (χ1v) is 6.41. The van der Waals surface area contributed by atoms with Gasteiger partial charge in [0.25, 0.3) is 0 Å². The first-order chi connectivity index (χ1) is 8.41. The molecule has 1 aliphatic heterocycles. The van der Waals surface area contributed by atoms with Crippen LogP contribution in [-0.4, -0.2) is 23.3 Å². The summed E-state index contributed by atoms with van der Waals surface area (Å²) >= 11 is 0. The normalized spacial score (nSPS) is 23.4. The van der Waals surface area contributed by atoms with Gasteiger partial charge in [0, 0.05) is 6.20 Å². The molecule has 18 heavy (non-hydrogen) atoms. The second kappa shape index (κ2) is 3.68. The molecular formula is C14H18BNO2. The molecule has 1 fully saturated rings. The van der Waals surface area contributed by atoms with Crippen molar-refractivity contribution in [1.29, 1.82) is 0 Å². The summed E-state index contributed by atoms with van der Waals surface area (Å²) in [7, 11) is -0.286. The molecule has 0 bridgehead atoms. The molecule has 0 N–H and O–H groups in total. The van der Waals surface area contributed by atoms with Crippen LogP contribution in [0.5, 0.6) is 0 Å². The molecule has 1 saturated heterocycles. The highest BCUT2D eigenvalue weighted by Gasteiger charge is 2.52. The Balaban J connectivity index is 1.97. The molecule has 3 nitrogen and oxygen atoms in total. The molecule has 1 aromatic rings. The lowest BCUT2D eigenvalue weighted by Crippen LogP contribution is -2.41. The third-order valence-electron chi connectivity index (χ3n) is 4.23. The number of hydrogen-bond acceptors (Lipinski definition) is 3. The van der Waals surface area contributed by atoms with E-state index in [9.17, 15) is 0 Å². The number of hydrogen-bond donors (Lipinski definition) is 0. The summed E-state index contributed by atoms with van der Waals surface area (Å²) in [4.78, 5) is 4.37. The van der Waals surface area contributed by atoms with E-state index in [0.717, 1.165) is 17.6 Å². The molecule has 1 aliphatic carbocycles. The average molecular weight is 243 g/mol. The second-order valence-corrected chi connectivity index (χ2v) is 5.96. The van der Waals surface area contributed by atoms with Gasteiger partial charge in [-0.15, -0.1) is 0 Å². The van der Waals surface area contributed by atoms with E-state index in [1.807, 2.05) is 12.3 Å². The third-order valence-corrected chi connectivity index (χ3v) is 4.23. The summed E-state index contributed by atoms with van der Waals surface area (Å²) in [6.07, 6.45) is 6.94. The van der Waals surface area contributed by atoms with Gasteiger partial charge >= 0.3 is 7.12 Å². The number of aromatic nitrogens is 1. The van der Waals surface area contributed by atoms with Crippen molar-refractivity contribution in [3.05, 3.63) is 29.6 Å². The van der Waals surface area contributed by atoms with E-state index in [2.05, 4.69) is 44.8 Å². The monoisotopic (exact) mass is 243 g/mol. The maximum absolute atomic E-state index is 6.10. The zero-order chi connectivity index (χ0) is 13.0. The standard InChI is InChI=1S/C14H18BNO2/c1-13(2)14(3,4)18-15(17-13)11-8-9-16-12-7-5-6-10(11)12/h5,7-9H,6H2,1-4H3. The highest BCUT2D eigenvalue weighted by Crippen LogP contribution is 2.37. The number of rotatable bonds is 1. The Morgan fingerprint density at radius 2 is 1.83 bits per heavy atom. The molecule has 2 heterocycles. The lowest BCUT2D eigenvalue weighted by molar-refractivity contribution is 0.00578. The molecule has 4 heteroatoms. The molecule has 0 saturated carbocycles. The fourth-order valence-corrected chi connectivity index (χ4v) is 2.37. The van der Waals surface area contributed by atoms with E-state index >= 15 is 0 Å². The van der Waals surface area contributed by atoms with Crippen LogP contribution in [0.3, 0.4) is 0 Å². The first kappa shape index (κ1) is 11.9. The zero-order valence-corrected chi connectivity index (χ0v) is 11.4. The third kappa shape index (κ3) is 1.63. The molecule has 0 radical (unpaired) electrons. The maximum Gasteiger partial charge on any atom is 0.495 e. The van der Waals surface area contributed by atoms with Gasteiger partial charge in [-0.3, -0.25) is 4.98 Å². The molecule has 0 atom stereocenters. The summed E-state index contributed by atoms with van der Waals surface area (Å²) in [6.45, 7) is 8.30. The maximum atomic E-state index is 6.10. The summed E-state index contributed by atoms with van der Waals surface area (Å²) in [5.74, 6) is 0. The molecular weight excluding hydrogens is 225 g/mol. The quantitative estimate of drug-likeness (QED) is 0.706. The van der Waals surface area contributed by atoms with Crippen LogP contribution >= 0.6 is 0 Å². The van der Waals surface area contributed by atoms with E-state index in [0.29, 0.717) is 0 Å². The minimum atomic E-state index is -0.292. The van der Waals surface area contributed by atoms with Crippen LogP contribution in [-0.2, 0) is 15.7 Å². The van der Waals surface area contributed by atoms with Crippen LogP contribution in [0.4, 0.5) is 0 Å². The minimum absolute atomic E-state index is 0.286. The van der Waals surface area contributed by atoms with E-state index < -0.39 is 0 Å². The summed E-state index contributed by atoms with van der Waals surface area (Å²) < 4.78 is 12.2. The Labute approximate surface area is 108 Å². The molecule has 0 unspecified atom stereocenters. The highest BCUT2D eigenvalue weighted by atomic mass is 16.7. The Morgan fingerprint density at radius 1 is 1.17 bits per heavy atom. The number of fused-ring (bicyclic) bond motifs is 1. The number of allylic oxidation sites excluding steroid dienone is 1. The van der Waals surface area contributed by atoms with Gasteiger partial charge in [-0.25, -0.2) is 0 Å². The Morgan fingerprint density at radius 3 is 2.50 bits per heavy atom. The van der Waals surface area contributed by atoms with Crippen molar-refractivity contribution in [2.75, 3.05) is 0 Å². The van der Waals surface area contributed by atoms with Crippen molar-refractivity contribution in [2.45, 2.75) is 45.3 Å². The van der Waals surface area contributed by atoms with Crippen LogP contribution in [0.15, 0.2) is 18.3 Å². The number of pyridine rings is 1. The largest absolute Gasteiger partial charge is 0.495 e. The fraction of sp³-hybridized carbons (Fsp3) is 0.500. The van der Waals surface area contributed by atoms with E-state index in [1.54, 1.807) is 0 Å². The predicted octanol–water partition coefficient (Wildman–Crippen LogP) is 1.95. The smallest absolute Gasteiger partial charge is 0.399 e. The molecule has 1 aromatic heterocycles. The second-order valence-electron chi connectivity index (χ2n) is 5.96. The van der Waals surface area contributed by atoms with Gasteiger partial charge in [0.2, 0.25) is 0 Å². The summed E-state index contributed by atoms with van der Waals surface area (Å²) in [5, 5.41) is 0. The van der Waals surface area contributed by atoms with Crippen molar-refractivity contribution >= 4 is 18.7 Å². The zero-order valence-electron chi connectivity index (χ0n) is 11.4. The van der Waals surface area contributed by atoms with E-state index in [1.165, 1.54) is 5.56 Å². The Kier molecular flexibility index (Phi) is 2.44. The van der Waals surface area contributed by atoms with Crippen molar-refractivity contribution in [2.24, 2.45) is 0 Å². The Bertz CT molecular complexity index is 507. The van der Waals surface area contributed by atoms with Crippen molar-refractivity contribution < 1.29 is 9.31 Å². The SMILES string of the molecule is CC1(C)OB(c2ccnc3c2CC=C3)OC1(C)C. The van der Waals surface area contributed by atoms with Crippen LogP contribution in [0.2, 0.25) is 0 Å². The van der Waals surface area contributed by atoms with Gasteiger partial charge in [-0.05, 0) is 57.3 Å². The van der Waals surface area contributed by atoms with Crippen LogP contribution in [0, 0.1) is 0 Å². The first-order valence-electron chi connectivity index (χ1n) is 6.41. The average Bonchev–Trinajstić information content (AvgIpc) is 2.81. The lowest BCUT2D eigenvalue weighted by Gasteiger charge is -2.32. The minimum Gasteiger partial charge on any atom is -0.399 e. The molecule has 94 valence electrons. The van der Waals surface area contributed by atoms with Crippen LogP contribution in [0.1, 0.15) is 39.0 Å². The fourth-order valence-electron chi connectivity index (χ4n) is 2.37. The van der Waals surface area contributed by atoms with E-state index in [4.69, 9.17) is 9.31 Å². The van der Waals surface area contributed by atoms with Gasteiger partial charge in [0.05, 0.1) is 16.9 Å². The molecule has 2 aliphatic rings. The Hall–Kier alpha value is -1.13. The van der Waals surface area contributed by atoms with Gasteiger partial charge in [0.1, 0.15) is 0 Å². The van der Waals surface area contributed by atoms with Crippen LogP contribution < -0.4 is 5.46 Å². The van der Waals surface area contributed by atoms with Gasteiger partial charge in [0.15, 0.2) is 0 Å². The topological polar surface area (TPSA) is 31.4 Å². The molecule has 0 spiro atoms. The van der Waals surface area contributed by atoms with Gasteiger partial charge in [-0.2, -0.15) is 0 Å². The predicted molar refractivity (Wildman–Crippen MR) is 72.7 cm³/mol. The lowest BCUT2D eigenvalue weighted by atomic mass is 9.76. The van der Waals surface area contributed by atoms with Crippen LogP contribution in [0.25, 0.3) is 6.08 Å². The highest BCUT2D eigenvalue weighted by molar-refractivity contribution is 6.62. The van der Waals surface area contributed by atoms with Gasteiger partial charge < -0.3 is 9.31 Å². The van der Waals surface area contributed by atoms with Crippen molar-refractivity contribution in [3.8, 4) is 0 Å². The van der Waals surface area contributed by atoms with E-state index in [-0.39, 0.29) is 18.3 Å². The molecule has 3 rings (SSSR count). The number of nitrogens with zero attached hydrogens (tertiary/aromatic N) is 1. The summed E-state index contributed by atoms with van der Waals surface area (Å²) in [6, 6.07) is 2.01. The van der Waals surface area contributed by atoms with Crippen molar-refractivity contribution in [1.82, 2.24) is 4.98 Å². The van der Waals surface area contributed by atoms with Crippen molar-refractivity contribution in [3.63, 3.8) is 0 Å². The summed E-state index contributed by atoms with van der Waals surface area (Å²) in [5.41, 5.74) is 2.81. The molecule has 0 aromatic carbocycles.